The zero-order valence-electron chi connectivity index (χ0n) is 57.6. The van der Waals surface area contributed by atoms with Crippen molar-refractivity contribution >= 4 is 47.8 Å². The van der Waals surface area contributed by atoms with E-state index in [1.165, 1.54) is 103 Å². The van der Waals surface area contributed by atoms with Crippen LogP contribution in [0.1, 0.15) is 94.7 Å². The molecule has 4 fully saturated rings. The van der Waals surface area contributed by atoms with Gasteiger partial charge in [-0.15, -0.1) is 6.58 Å². The first kappa shape index (κ1) is 74.4. The third-order valence-corrected chi connectivity index (χ3v) is 17.8. The van der Waals surface area contributed by atoms with Crippen LogP contribution in [-0.2, 0) is 75.8 Å². The maximum absolute atomic E-state index is 15.1. The fraction of sp³-hybridized carbons (Fsp3) is 0.238. The average molecular weight is 1470 g/mol. The molecule has 108 heavy (non-hydrogen) atoms. The first-order valence-corrected chi connectivity index (χ1v) is 34.7. The summed E-state index contributed by atoms with van der Waals surface area (Å²) in [6, 6.07) is 71.0. The molecule has 9 aromatic carbocycles. The second-order valence-electron chi connectivity index (χ2n) is 25.0. The molecule has 4 aliphatic rings. The van der Waals surface area contributed by atoms with E-state index in [9.17, 15) is 24.0 Å². The molecule has 0 N–H and O–H groups in total. The Morgan fingerprint density at radius 1 is 0.315 bits per heavy atom. The number of fused-ring (bicyclic) bond motifs is 1. The molecule has 4 aliphatic heterocycles. The van der Waals surface area contributed by atoms with Gasteiger partial charge >= 0.3 is 47.8 Å². The summed E-state index contributed by atoms with van der Waals surface area (Å²) in [5.41, 5.74) is 0.681. The summed E-state index contributed by atoms with van der Waals surface area (Å²) in [4.78, 5) is 118. The maximum Gasteiger partial charge on any atom is 0.338 e. The Kier molecular flexibility index (Phi) is 24.8. The molecule has 0 amide bonds. The van der Waals surface area contributed by atoms with Gasteiger partial charge in [-0.05, 0) is 97.1 Å². The quantitative estimate of drug-likeness (QED) is 0.0276. The number of ether oxygens (including phenoxy) is 16. The van der Waals surface area contributed by atoms with Crippen molar-refractivity contribution in [3.8, 4) is 0 Å². The molecule has 0 radical (unpaired) electrons. The van der Waals surface area contributed by atoms with E-state index in [0.717, 1.165) is 0 Å². The highest BCUT2D eigenvalue weighted by Crippen LogP contribution is 2.41. The molecule has 16 atom stereocenters. The monoisotopic (exact) mass is 1460 g/mol. The van der Waals surface area contributed by atoms with Crippen molar-refractivity contribution in [2.45, 2.75) is 98.4 Å². The molecule has 9 aromatic rings. The molecule has 552 valence electrons. The van der Waals surface area contributed by atoms with Gasteiger partial charge in [-0.25, -0.2) is 38.4 Å². The first-order valence-electron chi connectivity index (χ1n) is 34.7. The lowest BCUT2D eigenvalue weighted by atomic mass is 9.95. The summed E-state index contributed by atoms with van der Waals surface area (Å²) < 4.78 is 105. The molecule has 1 unspecified atom stereocenters. The van der Waals surface area contributed by atoms with Crippen LogP contribution in [0.2, 0.25) is 0 Å². The van der Waals surface area contributed by atoms with Crippen LogP contribution in [0.4, 0.5) is 0 Å². The summed E-state index contributed by atoms with van der Waals surface area (Å²) in [5.74, 6) is -7.89. The Hall–Kier alpha value is -11.8. The van der Waals surface area contributed by atoms with Crippen molar-refractivity contribution in [2.75, 3.05) is 26.4 Å². The predicted molar refractivity (Wildman–Crippen MR) is 379 cm³/mol. The third-order valence-electron chi connectivity index (χ3n) is 17.8. The lowest BCUT2D eigenvalue weighted by Crippen LogP contribution is -2.68. The smallest absolute Gasteiger partial charge is 0.338 e. The fourth-order valence-electron chi connectivity index (χ4n) is 12.5. The average Bonchev–Trinajstić information content (AvgIpc) is 0.765. The lowest BCUT2D eigenvalue weighted by Gasteiger charge is -2.51. The molecule has 4 heterocycles. The zero-order chi connectivity index (χ0) is 74.7. The van der Waals surface area contributed by atoms with E-state index in [1.807, 2.05) is 0 Å². The number of carbonyl (C=O) groups is 8. The van der Waals surface area contributed by atoms with Crippen LogP contribution >= 0.6 is 0 Å². The summed E-state index contributed by atoms with van der Waals surface area (Å²) >= 11 is 0. The predicted octanol–water partition coefficient (Wildman–Crippen LogP) is 11.3. The van der Waals surface area contributed by atoms with E-state index in [-0.39, 0.29) is 57.7 Å². The van der Waals surface area contributed by atoms with E-state index in [4.69, 9.17) is 75.8 Å². The van der Waals surface area contributed by atoms with Crippen molar-refractivity contribution in [3.63, 3.8) is 0 Å². The maximum atomic E-state index is 15.1. The van der Waals surface area contributed by atoms with Gasteiger partial charge in [0.25, 0.3) is 0 Å². The van der Waals surface area contributed by atoms with Gasteiger partial charge in [0.05, 0.1) is 64.3 Å². The summed E-state index contributed by atoms with van der Waals surface area (Å²) in [7, 11) is 0. The van der Waals surface area contributed by atoms with Gasteiger partial charge in [0.2, 0.25) is 0 Å². The van der Waals surface area contributed by atoms with E-state index in [0.29, 0.717) is 5.56 Å². The number of benzene rings is 9. The second-order valence-corrected chi connectivity index (χ2v) is 25.0. The molecular weight excluding hydrogens is 1390 g/mol. The van der Waals surface area contributed by atoms with Crippen LogP contribution in [0.15, 0.2) is 286 Å². The van der Waals surface area contributed by atoms with Crippen molar-refractivity contribution in [3.05, 3.63) is 336 Å². The van der Waals surface area contributed by atoms with E-state index in [1.54, 1.807) is 176 Å². The molecule has 0 bridgehead atoms. The number of carbonyl (C=O) groups excluding carboxylic acids is 8. The molecule has 0 saturated carbocycles. The van der Waals surface area contributed by atoms with Crippen LogP contribution in [0.3, 0.4) is 0 Å². The fourth-order valence-corrected chi connectivity index (χ4v) is 12.5. The summed E-state index contributed by atoms with van der Waals surface area (Å²) in [6.45, 7) is 1.78. The minimum atomic E-state index is -2.10. The minimum Gasteiger partial charge on any atom is -0.459 e. The Bertz CT molecular complexity index is 4490. The highest BCUT2D eigenvalue weighted by Gasteiger charge is 2.60. The van der Waals surface area contributed by atoms with Gasteiger partial charge in [-0.1, -0.05) is 182 Å². The van der Waals surface area contributed by atoms with Crippen molar-refractivity contribution < 1.29 is 114 Å². The van der Waals surface area contributed by atoms with Crippen LogP contribution in [0.25, 0.3) is 0 Å². The topological polar surface area (TPSA) is 284 Å². The largest absolute Gasteiger partial charge is 0.459 e. The molecule has 24 heteroatoms. The summed E-state index contributed by atoms with van der Waals surface area (Å²) in [6.07, 6.45) is -26.4. The van der Waals surface area contributed by atoms with Gasteiger partial charge in [0.15, 0.2) is 67.9 Å². The van der Waals surface area contributed by atoms with Gasteiger partial charge in [-0.3, -0.25) is 0 Å². The highest BCUT2D eigenvalue weighted by molar-refractivity contribution is 5.93. The number of rotatable bonds is 26. The van der Waals surface area contributed by atoms with Crippen molar-refractivity contribution in [2.24, 2.45) is 0 Å². The van der Waals surface area contributed by atoms with Crippen LogP contribution in [-0.4, -0.2) is 166 Å². The normalized spacial score (nSPS) is 25.0. The van der Waals surface area contributed by atoms with Gasteiger partial charge in [0.1, 0.15) is 37.1 Å². The molecular formula is C84H72O24. The molecule has 4 saturated heterocycles. The number of hydrogen-bond acceptors (Lipinski definition) is 24. The molecule has 0 aliphatic carbocycles. The SMILES string of the molecule is C=CCOC1O[C@@H]2CO[C@@H](c3ccccc3)O[C@H]2[C@H](O[C@@H]2O[C@H](CO[C@@H]3O[C@H](COC(=O)c4ccccc4)[C@@H](OC(=O)c4ccccc4)[C@H](OC(=O)c4ccccc4)[C@H]3OC(=O)c3ccccc3)[C@@H](OC(=O)c3ccccc3)[C@H](OC(=O)c3ccccc3)[C@H]2OC(=O)c2ccccc2)[C@H]1OC(=O)c1ccccc1. The van der Waals surface area contributed by atoms with Gasteiger partial charge in [-0.2, -0.15) is 0 Å². The zero-order valence-corrected chi connectivity index (χ0v) is 57.6. The number of hydrogen-bond donors (Lipinski definition) is 0. The van der Waals surface area contributed by atoms with Gasteiger partial charge < -0.3 is 75.8 Å². The van der Waals surface area contributed by atoms with E-state index >= 15 is 14.4 Å². The van der Waals surface area contributed by atoms with Crippen molar-refractivity contribution in [1.29, 1.82) is 0 Å². The minimum absolute atomic E-state index is 0.00799. The Balaban J connectivity index is 0.968. The Labute approximate surface area is 619 Å². The van der Waals surface area contributed by atoms with Crippen LogP contribution in [0.5, 0.6) is 0 Å². The third kappa shape index (κ3) is 18.3. The molecule has 0 spiro atoms. The Morgan fingerprint density at radius 2 is 0.611 bits per heavy atom. The van der Waals surface area contributed by atoms with Crippen molar-refractivity contribution in [1.82, 2.24) is 0 Å². The van der Waals surface area contributed by atoms with Gasteiger partial charge in [0, 0.05) is 5.56 Å². The molecule has 0 aromatic heterocycles. The standard InChI is InChI=1S/C84H72O24/c1-2-48-93-82-71(105-79(91)58-42-24-9-25-43-58)69(66-63(97-82)50-95-81(107-66)60-46-28-11-29-47-60)108-84-72(106-80(92)59-44-26-10-27-45-59)68(103-77(89)56-38-20-7-21-39-56)65(101-75(87)54-34-16-5-17-35-54)62(99-84)51-96-83-70(104-78(90)57-40-22-8-23-41-57)67(102-76(88)55-36-18-6-19-37-55)64(100-74(86)53-32-14-4-15-33-53)61(98-83)49-94-73(85)52-30-12-3-13-31-52/h2-47,61-72,81-84H,1,48-51H2/t61-,62-,63-,64-,65-,66-,67+,68+,69+,70-,71-,72-,81-,82?,83-,84+/m1/s1. The lowest BCUT2D eigenvalue weighted by molar-refractivity contribution is -0.392. The van der Waals surface area contributed by atoms with E-state index in [2.05, 4.69) is 6.58 Å². The van der Waals surface area contributed by atoms with E-state index < -0.39 is 159 Å². The first-order chi connectivity index (χ1) is 52.8. The van der Waals surface area contributed by atoms with Crippen LogP contribution < -0.4 is 0 Å². The molecule has 13 rings (SSSR count). The Morgan fingerprint density at radius 3 is 0.981 bits per heavy atom. The second kappa shape index (κ2) is 36.0. The highest BCUT2D eigenvalue weighted by atomic mass is 16.8. The van der Waals surface area contributed by atoms with Crippen LogP contribution in [0, 0.1) is 0 Å². The molecule has 24 nitrogen and oxygen atoms in total. The summed E-state index contributed by atoms with van der Waals surface area (Å²) in [5, 5.41) is 0. The number of esters is 8.